The fourth-order valence-electron chi connectivity index (χ4n) is 3.77. The molecule has 2 heterocycles. The number of amides is 2. The van der Waals surface area contributed by atoms with Gasteiger partial charge in [-0.15, -0.1) is 5.10 Å². The molecular weight excluding hydrogens is 376 g/mol. The molecule has 0 saturated carbocycles. The topological polar surface area (TPSA) is 67.2 Å². The van der Waals surface area contributed by atoms with E-state index in [1.807, 2.05) is 74.6 Å². The highest BCUT2D eigenvalue weighted by Crippen LogP contribution is 2.22. The van der Waals surface area contributed by atoms with Gasteiger partial charge in [0, 0.05) is 30.4 Å². The van der Waals surface area contributed by atoms with Gasteiger partial charge in [0.2, 0.25) is 5.91 Å². The Morgan fingerprint density at radius 3 is 2.50 bits per heavy atom. The maximum absolute atomic E-state index is 12.9. The predicted molar refractivity (Wildman–Crippen MR) is 117 cm³/mol. The second-order valence-electron chi connectivity index (χ2n) is 7.89. The van der Waals surface area contributed by atoms with Crippen LogP contribution in [0, 0.1) is 19.8 Å². The molecule has 3 aromatic rings. The summed E-state index contributed by atoms with van der Waals surface area (Å²) in [5.41, 5.74) is 3.62. The zero-order valence-corrected chi connectivity index (χ0v) is 17.3. The number of para-hydroxylation sites is 1. The first-order chi connectivity index (χ1) is 14.5. The number of aryl methyl sites for hydroxylation is 2. The number of benzene rings is 2. The van der Waals surface area contributed by atoms with Gasteiger partial charge >= 0.3 is 0 Å². The van der Waals surface area contributed by atoms with E-state index in [9.17, 15) is 9.59 Å². The highest BCUT2D eigenvalue weighted by Gasteiger charge is 2.29. The first-order valence-corrected chi connectivity index (χ1v) is 10.3. The van der Waals surface area contributed by atoms with Crippen LogP contribution in [0.2, 0.25) is 0 Å². The molecule has 0 bridgehead atoms. The van der Waals surface area contributed by atoms with E-state index in [1.54, 1.807) is 9.58 Å². The van der Waals surface area contributed by atoms with Crippen LogP contribution < -0.4 is 5.32 Å². The van der Waals surface area contributed by atoms with Gasteiger partial charge in [0.1, 0.15) is 0 Å². The van der Waals surface area contributed by atoms with E-state index in [1.165, 1.54) is 0 Å². The van der Waals surface area contributed by atoms with Crippen molar-refractivity contribution in [2.45, 2.75) is 26.7 Å². The quantitative estimate of drug-likeness (QED) is 0.718. The molecule has 1 fully saturated rings. The highest BCUT2D eigenvalue weighted by molar-refractivity contribution is 5.96. The fraction of sp³-hybridized carbons (Fsp3) is 0.292. The van der Waals surface area contributed by atoms with Gasteiger partial charge in [0.15, 0.2) is 5.82 Å². The Labute approximate surface area is 176 Å². The summed E-state index contributed by atoms with van der Waals surface area (Å²) in [4.78, 5) is 27.5. The maximum atomic E-state index is 12.9. The lowest BCUT2D eigenvalue weighted by molar-refractivity contribution is -0.121. The smallest absolute Gasteiger partial charge is 0.253 e. The molecule has 1 aliphatic heterocycles. The summed E-state index contributed by atoms with van der Waals surface area (Å²) >= 11 is 0. The van der Waals surface area contributed by atoms with Gasteiger partial charge in [-0.1, -0.05) is 35.9 Å². The number of carbonyl (C=O) groups is 2. The molecule has 1 aliphatic rings. The maximum Gasteiger partial charge on any atom is 0.253 e. The Bertz CT molecular complexity index is 1040. The zero-order valence-electron chi connectivity index (χ0n) is 17.3. The Morgan fingerprint density at radius 1 is 1.03 bits per heavy atom. The minimum absolute atomic E-state index is 0.0166. The molecule has 1 N–H and O–H groups in total. The summed E-state index contributed by atoms with van der Waals surface area (Å²) in [5, 5.41) is 7.50. The normalized spacial score (nSPS) is 16.3. The van der Waals surface area contributed by atoms with Crippen molar-refractivity contribution >= 4 is 17.6 Å². The van der Waals surface area contributed by atoms with Crippen molar-refractivity contribution in [2.75, 3.05) is 18.4 Å². The Hall–Kier alpha value is -3.41. The Morgan fingerprint density at radius 2 is 1.77 bits per heavy atom. The van der Waals surface area contributed by atoms with Crippen LogP contribution in [-0.2, 0) is 4.79 Å². The second-order valence-corrected chi connectivity index (χ2v) is 7.89. The third-order valence-electron chi connectivity index (χ3n) is 5.54. The SMILES string of the molecule is Cc1ccc(C(=O)N2CCCC(C(=O)Nc3nn(-c4ccccc4)cc3C)C2)cc1. The molecule has 1 aromatic heterocycles. The van der Waals surface area contributed by atoms with E-state index < -0.39 is 0 Å². The van der Waals surface area contributed by atoms with E-state index in [0.717, 1.165) is 29.7 Å². The number of hydrogen-bond donors (Lipinski definition) is 1. The summed E-state index contributed by atoms with van der Waals surface area (Å²) in [5.74, 6) is 0.218. The number of hydrogen-bond acceptors (Lipinski definition) is 3. The third kappa shape index (κ3) is 4.27. The Balaban J connectivity index is 1.43. The van der Waals surface area contributed by atoms with Crippen LogP contribution in [0.15, 0.2) is 60.8 Å². The van der Waals surface area contributed by atoms with Gasteiger partial charge < -0.3 is 10.2 Å². The number of aromatic nitrogens is 2. The number of rotatable bonds is 4. The van der Waals surface area contributed by atoms with Crippen molar-refractivity contribution in [3.8, 4) is 5.69 Å². The molecule has 0 aliphatic carbocycles. The molecule has 0 radical (unpaired) electrons. The number of nitrogens with one attached hydrogen (secondary N) is 1. The molecule has 2 amide bonds. The number of carbonyl (C=O) groups excluding carboxylic acids is 2. The summed E-state index contributed by atoms with van der Waals surface area (Å²) in [6, 6.07) is 17.4. The van der Waals surface area contributed by atoms with Crippen molar-refractivity contribution in [3.05, 3.63) is 77.5 Å². The molecule has 4 rings (SSSR count). The van der Waals surface area contributed by atoms with Gasteiger partial charge in [-0.2, -0.15) is 0 Å². The average molecular weight is 402 g/mol. The number of likely N-dealkylation sites (tertiary alicyclic amines) is 1. The lowest BCUT2D eigenvalue weighted by Crippen LogP contribution is -2.43. The Kier molecular flexibility index (Phi) is 5.65. The van der Waals surface area contributed by atoms with Crippen LogP contribution in [0.3, 0.4) is 0 Å². The minimum Gasteiger partial charge on any atom is -0.338 e. The first kappa shape index (κ1) is 19.9. The molecule has 1 saturated heterocycles. The standard InChI is InChI=1S/C24H26N4O2/c1-17-10-12-19(13-11-17)24(30)27-14-6-7-20(16-27)23(29)25-22-18(2)15-28(26-22)21-8-4-3-5-9-21/h3-5,8-13,15,20H,6-7,14,16H2,1-2H3,(H,25,26,29). The van der Waals surface area contributed by atoms with Crippen molar-refractivity contribution < 1.29 is 9.59 Å². The van der Waals surface area contributed by atoms with Gasteiger partial charge in [-0.25, -0.2) is 4.68 Å². The minimum atomic E-state index is -0.241. The number of anilines is 1. The van der Waals surface area contributed by atoms with Crippen molar-refractivity contribution in [3.63, 3.8) is 0 Å². The summed E-state index contributed by atoms with van der Waals surface area (Å²) < 4.78 is 1.76. The van der Waals surface area contributed by atoms with Crippen LogP contribution in [0.25, 0.3) is 5.69 Å². The van der Waals surface area contributed by atoms with Crippen molar-refractivity contribution in [2.24, 2.45) is 5.92 Å². The van der Waals surface area contributed by atoms with E-state index in [2.05, 4.69) is 10.4 Å². The lowest BCUT2D eigenvalue weighted by Gasteiger charge is -2.32. The number of piperidine rings is 1. The van der Waals surface area contributed by atoms with Crippen LogP contribution in [-0.4, -0.2) is 39.6 Å². The highest BCUT2D eigenvalue weighted by atomic mass is 16.2. The molecular formula is C24H26N4O2. The molecule has 1 atom stereocenters. The molecule has 0 spiro atoms. The van der Waals surface area contributed by atoms with Gasteiger partial charge in [-0.05, 0) is 51.0 Å². The summed E-state index contributed by atoms with van der Waals surface area (Å²) in [6.45, 7) is 5.03. The van der Waals surface area contributed by atoms with Crippen molar-refractivity contribution in [1.29, 1.82) is 0 Å². The van der Waals surface area contributed by atoms with Crippen LogP contribution in [0.4, 0.5) is 5.82 Å². The zero-order chi connectivity index (χ0) is 21.1. The third-order valence-corrected chi connectivity index (χ3v) is 5.54. The van der Waals surface area contributed by atoms with Gasteiger partial charge in [-0.3, -0.25) is 9.59 Å². The average Bonchev–Trinajstić information content (AvgIpc) is 3.14. The molecule has 1 unspecified atom stereocenters. The fourth-order valence-corrected chi connectivity index (χ4v) is 3.77. The largest absolute Gasteiger partial charge is 0.338 e. The second kappa shape index (κ2) is 8.53. The van der Waals surface area contributed by atoms with E-state index in [0.29, 0.717) is 24.5 Å². The van der Waals surface area contributed by atoms with Crippen LogP contribution >= 0.6 is 0 Å². The van der Waals surface area contributed by atoms with E-state index in [4.69, 9.17) is 0 Å². The predicted octanol–water partition coefficient (Wildman–Crippen LogP) is 3.98. The van der Waals surface area contributed by atoms with Crippen LogP contribution in [0.1, 0.15) is 34.3 Å². The molecule has 154 valence electrons. The van der Waals surface area contributed by atoms with E-state index >= 15 is 0 Å². The van der Waals surface area contributed by atoms with Gasteiger partial charge in [0.05, 0.1) is 11.6 Å². The summed E-state index contributed by atoms with van der Waals surface area (Å²) in [7, 11) is 0. The molecule has 6 nitrogen and oxygen atoms in total. The lowest BCUT2D eigenvalue weighted by atomic mass is 9.96. The van der Waals surface area contributed by atoms with Crippen molar-refractivity contribution in [1.82, 2.24) is 14.7 Å². The molecule has 30 heavy (non-hydrogen) atoms. The first-order valence-electron chi connectivity index (χ1n) is 10.3. The number of nitrogens with zero attached hydrogens (tertiary/aromatic N) is 3. The molecule has 6 heteroatoms. The van der Waals surface area contributed by atoms with Crippen LogP contribution in [0.5, 0.6) is 0 Å². The van der Waals surface area contributed by atoms with E-state index in [-0.39, 0.29) is 17.7 Å². The monoisotopic (exact) mass is 402 g/mol. The summed E-state index contributed by atoms with van der Waals surface area (Å²) in [6.07, 6.45) is 3.48. The van der Waals surface area contributed by atoms with Gasteiger partial charge in [0.25, 0.3) is 5.91 Å². The molecule has 2 aromatic carbocycles.